The van der Waals surface area contributed by atoms with Crippen molar-refractivity contribution in [2.75, 3.05) is 20.8 Å². The van der Waals surface area contributed by atoms with Crippen molar-refractivity contribution in [1.29, 1.82) is 0 Å². The molecule has 186 valence electrons. The van der Waals surface area contributed by atoms with E-state index in [0.717, 1.165) is 0 Å². The monoisotopic (exact) mass is 490 g/mol. The molecule has 1 aromatic carbocycles. The first kappa shape index (κ1) is 24.6. The third kappa shape index (κ3) is 4.45. The lowest BCUT2D eigenvalue weighted by Crippen LogP contribution is -2.32. The Morgan fingerprint density at radius 1 is 1.03 bits per heavy atom. The Morgan fingerprint density at radius 3 is 2.50 bits per heavy atom. The number of pyridine rings is 2. The fraction of sp³-hybridized carbons (Fsp3) is 0.269. The largest absolute Gasteiger partial charge is 0.493 e. The van der Waals surface area contributed by atoms with Crippen LogP contribution in [-0.2, 0) is 11.3 Å². The molecule has 0 spiro atoms. The van der Waals surface area contributed by atoms with Gasteiger partial charge >= 0.3 is 5.97 Å². The Hall–Kier alpha value is -4.47. The van der Waals surface area contributed by atoms with Gasteiger partial charge in [-0.25, -0.2) is 9.78 Å². The molecule has 0 saturated carbocycles. The van der Waals surface area contributed by atoms with Gasteiger partial charge < -0.3 is 18.8 Å². The molecule has 1 amide bonds. The van der Waals surface area contributed by atoms with E-state index in [4.69, 9.17) is 14.2 Å². The third-order valence-corrected chi connectivity index (χ3v) is 5.57. The van der Waals surface area contributed by atoms with Gasteiger partial charge in [0, 0.05) is 18.3 Å². The summed E-state index contributed by atoms with van der Waals surface area (Å²) in [7, 11) is 2.96. The molecule has 10 nitrogen and oxygen atoms in total. The van der Waals surface area contributed by atoms with Crippen LogP contribution in [0, 0.1) is 0 Å². The van der Waals surface area contributed by atoms with Gasteiger partial charge in [-0.05, 0) is 49.7 Å². The number of rotatable bonds is 7. The summed E-state index contributed by atoms with van der Waals surface area (Å²) < 4.78 is 18.8. The zero-order valence-corrected chi connectivity index (χ0v) is 20.5. The van der Waals surface area contributed by atoms with Crippen LogP contribution in [0.4, 0.5) is 0 Å². The molecule has 0 unspecified atom stereocenters. The van der Waals surface area contributed by atoms with Gasteiger partial charge in [0.25, 0.3) is 11.5 Å². The van der Waals surface area contributed by atoms with Crippen LogP contribution in [0.2, 0.25) is 0 Å². The quantitative estimate of drug-likeness (QED) is 0.289. The van der Waals surface area contributed by atoms with E-state index in [2.05, 4.69) is 9.98 Å². The number of nitrogens with zero attached hydrogens (tertiary/aromatic N) is 4. The predicted octanol–water partition coefficient (Wildman–Crippen LogP) is 2.99. The summed E-state index contributed by atoms with van der Waals surface area (Å²) >= 11 is 0. The zero-order chi connectivity index (χ0) is 25.8. The number of hydrogen-bond donors (Lipinski definition) is 0. The van der Waals surface area contributed by atoms with Crippen LogP contribution in [0.1, 0.15) is 41.0 Å². The molecule has 0 radical (unpaired) electrons. The summed E-state index contributed by atoms with van der Waals surface area (Å²) in [6.07, 6.45) is 2.24. The fourth-order valence-electron chi connectivity index (χ4n) is 3.92. The average Bonchev–Trinajstić information content (AvgIpc) is 2.89. The molecular formula is C26H26N4O6. The van der Waals surface area contributed by atoms with Gasteiger partial charge in [0.1, 0.15) is 16.9 Å². The number of fused-ring (bicyclic) bond motifs is 2. The summed E-state index contributed by atoms with van der Waals surface area (Å²) in [5, 5.41) is 0.215. The second-order valence-electron chi connectivity index (χ2n) is 7.82. The molecule has 10 heteroatoms. The molecule has 36 heavy (non-hydrogen) atoms. The molecule has 4 rings (SSSR count). The first-order chi connectivity index (χ1) is 17.4. The zero-order valence-electron chi connectivity index (χ0n) is 20.5. The standard InChI is InChI=1S/C26H26N4O6/c1-5-12-30-22-17(25(32)29-13-8-7-9-21(29)27-22)15-18(26(33)36-6-2)23(30)28-24(31)16-10-11-19(34-3)20(14-16)35-4/h7-11,13-15H,5-6,12H2,1-4H3. The van der Waals surface area contributed by atoms with E-state index in [9.17, 15) is 14.4 Å². The lowest BCUT2D eigenvalue weighted by Gasteiger charge is -2.14. The van der Waals surface area contributed by atoms with Crippen LogP contribution in [0.25, 0.3) is 16.7 Å². The smallest absolute Gasteiger partial charge is 0.341 e. The summed E-state index contributed by atoms with van der Waals surface area (Å²) in [6, 6.07) is 11.3. The number of carbonyl (C=O) groups excluding carboxylic acids is 2. The van der Waals surface area contributed by atoms with Gasteiger partial charge in [0.2, 0.25) is 0 Å². The van der Waals surface area contributed by atoms with Crippen LogP contribution < -0.4 is 20.5 Å². The topological polar surface area (TPSA) is 113 Å². The van der Waals surface area contributed by atoms with E-state index >= 15 is 0 Å². The molecule has 0 aliphatic carbocycles. The van der Waals surface area contributed by atoms with Gasteiger partial charge in [0.05, 0.1) is 26.2 Å². The van der Waals surface area contributed by atoms with Crippen LogP contribution in [0.15, 0.2) is 58.4 Å². The summed E-state index contributed by atoms with van der Waals surface area (Å²) in [5.74, 6) is -0.473. The van der Waals surface area contributed by atoms with Gasteiger partial charge in [-0.15, -0.1) is 0 Å². The van der Waals surface area contributed by atoms with Crippen LogP contribution in [0.5, 0.6) is 11.5 Å². The van der Waals surface area contributed by atoms with Crippen molar-refractivity contribution in [2.45, 2.75) is 26.8 Å². The van der Waals surface area contributed by atoms with Gasteiger partial charge in [-0.3, -0.25) is 14.0 Å². The molecule has 4 aromatic rings. The first-order valence-electron chi connectivity index (χ1n) is 11.5. The Labute approximate surface area is 206 Å². The number of methoxy groups -OCH3 is 2. The normalized spacial score (nSPS) is 11.6. The molecule has 3 aromatic heterocycles. The number of amides is 1. The SMILES string of the molecule is CCCn1c(=NC(=O)c2ccc(OC)c(OC)c2)c(C(=O)OCC)cc2c(=O)n3ccccc3nc21. The van der Waals surface area contributed by atoms with Crippen LogP contribution in [-0.4, -0.2) is 46.7 Å². The number of esters is 1. The van der Waals surface area contributed by atoms with Gasteiger partial charge in [-0.2, -0.15) is 4.99 Å². The number of ether oxygens (including phenoxy) is 3. The molecule has 3 heterocycles. The maximum Gasteiger partial charge on any atom is 0.341 e. The van der Waals surface area contributed by atoms with Gasteiger partial charge in [-0.1, -0.05) is 13.0 Å². The van der Waals surface area contributed by atoms with Crippen molar-refractivity contribution in [3.05, 3.63) is 75.6 Å². The van der Waals surface area contributed by atoms with Crippen molar-refractivity contribution < 1.29 is 23.8 Å². The molecule has 0 saturated heterocycles. The molecule has 0 aliphatic rings. The molecular weight excluding hydrogens is 464 g/mol. The highest BCUT2D eigenvalue weighted by Crippen LogP contribution is 2.27. The maximum absolute atomic E-state index is 13.3. The Bertz CT molecular complexity index is 1600. The summed E-state index contributed by atoms with van der Waals surface area (Å²) in [4.78, 5) is 48.5. The predicted molar refractivity (Wildman–Crippen MR) is 133 cm³/mol. The van der Waals surface area contributed by atoms with E-state index < -0.39 is 11.9 Å². The molecule has 0 atom stereocenters. The Kier molecular flexibility index (Phi) is 7.14. The van der Waals surface area contributed by atoms with Crippen molar-refractivity contribution in [2.24, 2.45) is 4.99 Å². The lowest BCUT2D eigenvalue weighted by atomic mass is 10.1. The molecule has 0 bridgehead atoms. The van der Waals surface area contributed by atoms with Crippen molar-refractivity contribution in [1.82, 2.24) is 14.0 Å². The van der Waals surface area contributed by atoms with E-state index in [1.807, 2.05) is 6.92 Å². The maximum atomic E-state index is 13.3. The lowest BCUT2D eigenvalue weighted by molar-refractivity contribution is 0.0523. The minimum absolute atomic E-state index is 0.00130. The highest BCUT2D eigenvalue weighted by Gasteiger charge is 2.20. The highest BCUT2D eigenvalue weighted by molar-refractivity contribution is 5.97. The van der Waals surface area contributed by atoms with E-state index in [0.29, 0.717) is 35.8 Å². The minimum Gasteiger partial charge on any atom is -0.493 e. The average molecular weight is 491 g/mol. The highest BCUT2D eigenvalue weighted by atomic mass is 16.5. The number of benzene rings is 1. The Balaban J connectivity index is 2.06. The van der Waals surface area contributed by atoms with Crippen molar-refractivity contribution in [3.63, 3.8) is 0 Å². The summed E-state index contributed by atoms with van der Waals surface area (Å²) in [6.45, 7) is 4.08. The van der Waals surface area contributed by atoms with E-state index in [1.54, 1.807) is 48.0 Å². The third-order valence-electron chi connectivity index (χ3n) is 5.57. The summed E-state index contributed by atoms with van der Waals surface area (Å²) in [5.41, 5.74) is 0.706. The Morgan fingerprint density at radius 2 is 1.81 bits per heavy atom. The van der Waals surface area contributed by atoms with Crippen molar-refractivity contribution in [3.8, 4) is 11.5 Å². The molecule has 0 aliphatic heterocycles. The fourth-order valence-corrected chi connectivity index (χ4v) is 3.92. The number of aryl methyl sites for hydroxylation is 1. The molecule has 0 N–H and O–H groups in total. The number of aromatic nitrogens is 3. The van der Waals surface area contributed by atoms with Crippen LogP contribution >= 0.6 is 0 Å². The van der Waals surface area contributed by atoms with Gasteiger partial charge in [0.15, 0.2) is 17.0 Å². The molecule has 0 fully saturated rings. The van der Waals surface area contributed by atoms with Crippen molar-refractivity contribution >= 4 is 28.6 Å². The second-order valence-corrected chi connectivity index (χ2v) is 7.82. The van der Waals surface area contributed by atoms with Crippen LogP contribution in [0.3, 0.4) is 0 Å². The van der Waals surface area contributed by atoms with E-state index in [-0.39, 0.29) is 34.2 Å². The number of carbonyl (C=O) groups is 2. The first-order valence-corrected chi connectivity index (χ1v) is 11.5. The number of hydrogen-bond acceptors (Lipinski definition) is 7. The second kappa shape index (κ2) is 10.4. The van der Waals surface area contributed by atoms with E-state index in [1.165, 1.54) is 30.8 Å². The minimum atomic E-state index is -0.694.